The molecule has 1 unspecified atom stereocenters. The smallest absolute Gasteiger partial charge is 0.260 e. The topological polar surface area (TPSA) is 55.6 Å². The highest BCUT2D eigenvalue weighted by molar-refractivity contribution is 6.35. The number of likely N-dealkylation sites (tertiary alicyclic amines) is 1. The maximum absolute atomic E-state index is 12.1. The number of piperidine rings is 1. The SMILES string of the molecule is CC(N)C1CCN(C(=O)COc2ccc(Cl)cc2Cl)CC1.Cl. The Kier molecular flexibility index (Phi) is 7.77. The molecule has 1 saturated heterocycles. The third kappa shape index (κ3) is 5.20. The van der Waals surface area contributed by atoms with Crippen molar-refractivity contribution in [2.24, 2.45) is 11.7 Å². The highest BCUT2D eigenvalue weighted by Crippen LogP contribution is 2.27. The van der Waals surface area contributed by atoms with Crippen molar-refractivity contribution in [3.8, 4) is 5.75 Å². The minimum Gasteiger partial charge on any atom is -0.482 e. The van der Waals surface area contributed by atoms with Crippen molar-refractivity contribution in [3.05, 3.63) is 28.2 Å². The van der Waals surface area contributed by atoms with Crippen LogP contribution in [-0.4, -0.2) is 36.5 Å². The Morgan fingerprint density at radius 3 is 2.59 bits per heavy atom. The van der Waals surface area contributed by atoms with Crippen molar-refractivity contribution >= 4 is 41.5 Å². The number of nitrogens with two attached hydrogens (primary N) is 1. The van der Waals surface area contributed by atoms with E-state index in [0.29, 0.717) is 21.7 Å². The molecule has 7 heteroatoms. The number of carbonyl (C=O) groups excluding carboxylic acids is 1. The lowest BCUT2D eigenvalue weighted by atomic mass is 9.91. The molecule has 1 atom stereocenters. The van der Waals surface area contributed by atoms with Crippen LogP contribution in [0.5, 0.6) is 5.75 Å². The normalized spacial score (nSPS) is 16.8. The molecule has 1 aromatic carbocycles. The zero-order valence-corrected chi connectivity index (χ0v) is 14.8. The summed E-state index contributed by atoms with van der Waals surface area (Å²) in [6.07, 6.45) is 1.90. The molecule has 0 aromatic heterocycles. The van der Waals surface area contributed by atoms with Gasteiger partial charge in [-0.15, -0.1) is 12.4 Å². The summed E-state index contributed by atoms with van der Waals surface area (Å²) in [6.45, 7) is 3.49. The zero-order chi connectivity index (χ0) is 15.4. The molecule has 0 radical (unpaired) electrons. The Labute approximate surface area is 147 Å². The quantitative estimate of drug-likeness (QED) is 0.887. The van der Waals surface area contributed by atoms with E-state index in [9.17, 15) is 4.79 Å². The van der Waals surface area contributed by atoms with E-state index in [0.717, 1.165) is 25.9 Å². The summed E-state index contributed by atoms with van der Waals surface area (Å²) < 4.78 is 5.47. The Morgan fingerprint density at radius 1 is 1.41 bits per heavy atom. The lowest BCUT2D eigenvalue weighted by Gasteiger charge is -2.33. The molecular formula is C15H21Cl3N2O2. The monoisotopic (exact) mass is 366 g/mol. The molecule has 4 nitrogen and oxygen atoms in total. The van der Waals surface area contributed by atoms with Gasteiger partial charge < -0.3 is 15.4 Å². The van der Waals surface area contributed by atoms with Crippen molar-refractivity contribution in [1.29, 1.82) is 0 Å². The van der Waals surface area contributed by atoms with Gasteiger partial charge in [-0.25, -0.2) is 0 Å². The largest absolute Gasteiger partial charge is 0.482 e. The van der Waals surface area contributed by atoms with Crippen LogP contribution in [0.15, 0.2) is 18.2 Å². The van der Waals surface area contributed by atoms with Crippen molar-refractivity contribution in [2.45, 2.75) is 25.8 Å². The van der Waals surface area contributed by atoms with Crippen LogP contribution in [-0.2, 0) is 4.79 Å². The van der Waals surface area contributed by atoms with E-state index >= 15 is 0 Å². The Morgan fingerprint density at radius 2 is 2.05 bits per heavy atom. The number of carbonyl (C=O) groups is 1. The van der Waals surface area contributed by atoms with Crippen LogP contribution in [0.4, 0.5) is 0 Å². The highest BCUT2D eigenvalue weighted by atomic mass is 35.5. The second kappa shape index (κ2) is 8.82. The first-order chi connectivity index (χ1) is 9.97. The Hall–Kier alpha value is -0.680. The molecule has 0 aliphatic carbocycles. The number of ether oxygens (including phenoxy) is 1. The van der Waals surface area contributed by atoms with Crippen LogP contribution in [0.3, 0.4) is 0 Å². The summed E-state index contributed by atoms with van der Waals surface area (Å²) in [4.78, 5) is 13.9. The van der Waals surface area contributed by atoms with Crippen LogP contribution in [0.1, 0.15) is 19.8 Å². The average molecular weight is 368 g/mol. The van der Waals surface area contributed by atoms with Gasteiger partial charge in [0.15, 0.2) is 6.61 Å². The van der Waals surface area contributed by atoms with Crippen molar-refractivity contribution in [2.75, 3.05) is 19.7 Å². The standard InChI is InChI=1S/C15H20Cl2N2O2.ClH/c1-10(18)11-4-6-19(7-5-11)15(20)9-21-14-3-2-12(16)8-13(14)17;/h2-3,8,10-11H,4-7,9,18H2,1H3;1H. The first kappa shape index (κ1) is 19.4. The minimum atomic E-state index is -0.0239. The first-order valence-electron chi connectivity index (χ1n) is 7.08. The van der Waals surface area contributed by atoms with Crippen LogP contribution in [0.2, 0.25) is 10.0 Å². The highest BCUT2D eigenvalue weighted by Gasteiger charge is 2.25. The molecule has 1 heterocycles. The lowest BCUT2D eigenvalue weighted by Crippen LogP contribution is -2.44. The van der Waals surface area contributed by atoms with Gasteiger partial charge in [-0.05, 0) is 43.9 Å². The Bertz CT molecular complexity index is 504. The van der Waals surface area contributed by atoms with E-state index < -0.39 is 0 Å². The van der Waals surface area contributed by atoms with E-state index in [1.165, 1.54) is 0 Å². The van der Waals surface area contributed by atoms with Gasteiger partial charge in [0.1, 0.15) is 5.75 Å². The molecule has 2 rings (SSSR count). The number of hydrogen-bond acceptors (Lipinski definition) is 3. The van der Waals surface area contributed by atoms with Gasteiger partial charge in [-0.3, -0.25) is 4.79 Å². The summed E-state index contributed by atoms with van der Waals surface area (Å²) in [5.74, 6) is 0.949. The molecule has 0 bridgehead atoms. The fourth-order valence-corrected chi connectivity index (χ4v) is 2.96. The van der Waals surface area contributed by atoms with Gasteiger partial charge in [-0.2, -0.15) is 0 Å². The van der Waals surface area contributed by atoms with Crippen molar-refractivity contribution < 1.29 is 9.53 Å². The number of nitrogens with zero attached hydrogens (tertiary/aromatic N) is 1. The van der Waals surface area contributed by atoms with Gasteiger partial charge in [0, 0.05) is 24.2 Å². The molecule has 1 amide bonds. The summed E-state index contributed by atoms with van der Waals surface area (Å²) in [5.41, 5.74) is 5.90. The molecular weight excluding hydrogens is 347 g/mol. The number of hydrogen-bond donors (Lipinski definition) is 1. The van der Waals surface area contributed by atoms with Gasteiger partial charge in [-0.1, -0.05) is 23.2 Å². The van der Waals surface area contributed by atoms with Crippen LogP contribution < -0.4 is 10.5 Å². The zero-order valence-electron chi connectivity index (χ0n) is 12.4. The van der Waals surface area contributed by atoms with E-state index in [1.54, 1.807) is 18.2 Å². The molecule has 1 aliphatic rings. The molecule has 1 fully saturated rings. The van der Waals surface area contributed by atoms with Gasteiger partial charge >= 0.3 is 0 Å². The fourth-order valence-electron chi connectivity index (χ4n) is 2.50. The molecule has 124 valence electrons. The molecule has 1 aromatic rings. The summed E-state index contributed by atoms with van der Waals surface area (Å²) in [7, 11) is 0. The molecule has 22 heavy (non-hydrogen) atoms. The number of amides is 1. The number of benzene rings is 1. The molecule has 1 aliphatic heterocycles. The van der Waals surface area contributed by atoms with Gasteiger partial charge in [0.2, 0.25) is 0 Å². The summed E-state index contributed by atoms with van der Waals surface area (Å²) >= 11 is 11.8. The van der Waals surface area contributed by atoms with Gasteiger partial charge in [0.25, 0.3) is 5.91 Å². The summed E-state index contributed by atoms with van der Waals surface area (Å²) in [6, 6.07) is 5.13. The maximum Gasteiger partial charge on any atom is 0.260 e. The minimum absolute atomic E-state index is 0. The van der Waals surface area contributed by atoms with Gasteiger partial charge in [0.05, 0.1) is 5.02 Å². The van der Waals surface area contributed by atoms with Crippen molar-refractivity contribution in [1.82, 2.24) is 4.90 Å². The van der Waals surface area contributed by atoms with E-state index in [2.05, 4.69) is 0 Å². The Balaban J connectivity index is 0.00000242. The number of halogens is 3. The fraction of sp³-hybridized carbons (Fsp3) is 0.533. The predicted molar refractivity (Wildman–Crippen MR) is 92.2 cm³/mol. The van der Waals surface area contributed by atoms with Crippen molar-refractivity contribution in [3.63, 3.8) is 0 Å². The second-order valence-electron chi connectivity index (χ2n) is 5.44. The third-order valence-electron chi connectivity index (χ3n) is 3.88. The summed E-state index contributed by atoms with van der Waals surface area (Å²) in [5, 5.41) is 0.947. The van der Waals surface area contributed by atoms with Crippen LogP contribution >= 0.6 is 35.6 Å². The molecule has 2 N–H and O–H groups in total. The van der Waals surface area contributed by atoms with Crippen LogP contribution in [0.25, 0.3) is 0 Å². The third-order valence-corrected chi connectivity index (χ3v) is 4.41. The maximum atomic E-state index is 12.1. The van der Waals surface area contributed by atoms with E-state index in [4.69, 9.17) is 33.7 Å². The van der Waals surface area contributed by atoms with Crippen LogP contribution in [0, 0.1) is 5.92 Å². The second-order valence-corrected chi connectivity index (χ2v) is 6.28. The number of rotatable bonds is 4. The lowest BCUT2D eigenvalue weighted by molar-refractivity contribution is -0.134. The van der Waals surface area contributed by atoms with E-state index in [-0.39, 0.29) is 31.0 Å². The van der Waals surface area contributed by atoms with E-state index in [1.807, 2.05) is 11.8 Å². The molecule has 0 saturated carbocycles. The predicted octanol–water partition coefficient (Wildman–Crippen LogP) is 3.38. The molecule has 0 spiro atoms. The first-order valence-corrected chi connectivity index (χ1v) is 7.84. The average Bonchev–Trinajstić information content (AvgIpc) is 2.46.